The van der Waals surface area contributed by atoms with Gasteiger partial charge in [0.05, 0.1) is 5.60 Å². The molecule has 1 aliphatic carbocycles. The second-order valence-corrected chi connectivity index (χ2v) is 6.31. The fourth-order valence-corrected chi connectivity index (χ4v) is 4.09. The molecular weight excluding hydrogens is 253 g/mol. The van der Waals surface area contributed by atoms with Gasteiger partial charge in [0.15, 0.2) is 0 Å². The maximum absolute atomic E-state index is 13.5. The predicted octanol–water partition coefficient (Wildman–Crippen LogP) is 3.83. The van der Waals surface area contributed by atoms with Crippen molar-refractivity contribution in [2.75, 3.05) is 13.7 Å². The van der Waals surface area contributed by atoms with Crippen LogP contribution in [-0.4, -0.2) is 19.3 Å². The fourth-order valence-electron chi connectivity index (χ4n) is 4.09. The van der Waals surface area contributed by atoms with Gasteiger partial charge in [-0.15, -0.1) is 0 Å². The van der Waals surface area contributed by atoms with Gasteiger partial charge < -0.3 is 10.1 Å². The van der Waals surface area contributed by atoms with Gasteiger partial charge in [0, 0.05) is 12.6 Å². The van der Waals surface area contributed by atoms with E-state index in [1.165, 1.54) is 31.7 Å². The molecule has 2 unspecified atom stereocenters. The Morgan fingerprint density at radius 1 is 1.35 bits per heavy atom. The molecule has 1 aromatic carbocycles. The van der Waals surface area contributed by atoms with Crippen LogP contribution in [0.3, 0.4) is 0 Å². The molecule has 2 aliphatic rings. The average Bonchev–Trinajstić information content (AvgIpc) is 2.88. The fraction of sp³-hybridized carbons (Fsp3) is 0.647. The number of nitrogens with one attached hydrogen (secondary N) is 1. The van der Waals surface area contributed by atoms with Crippen LogP contribution in [0.25, 0.3) is 0 Å². The lowest BCUT2D eigenvalue weighted by atomic mass is 9.78. The predicted molar refractivity (Wildman–Crippen MR) is 78.1 cm³/mol. The quantitative estimate of drug-likeness (QED) is 0.906. The van der Waals surface area contributed by atoms with Crippen molar-refractivity contribution in [1.82, 2.24) is 5.32 Å². The Morgan fingerprint density at radius 3 is 2.85 bits per heavy atom. The van der Waals surface area contributed by atoms with Crippen LogP contribution >= 0.6 is 0 Å². The third-order valence-corrected chi connectivity index (χ3v) is 5.04. The highest BCUT2D eigenvalue weighted by Crippen LogP contribution is 2.45. The third kappa shape index (κ3) is 2.75. The Bertz CT molecular complexity index is 456. The first-order valence-electron chi connectivity index (χ1n) is 7.79. The van der Waals surface area contributed by atoms with Crippen LogP contribution in [0.4, 0.5) is 4.39 Å². The van der Waals surface area contributed by atoms with E-state index in [0.29, 0.717) is 5.92 Å². The van der Waals surface area contributed by atoms with E-state index in [-0.39, 0.29) is 17.5 Å². The molecule has 3 heteroatoms. The lowest BCUT2D eigenvalue weighted by Crippen LogP contribution is -2.41. The first-order valence-corrected chi connectivity index (χ1v) is 7.79. The zero-order chi connectivity index (χ0) is 14.0. The van der Waals surface area contributed by atoms with E-state index < -0.39 is 0 Å². The molecule has 0 amide bonds. The molecular formula is C17H24FNO. The van der Waals surface area contributed by atoms with Crippen molar-refractivity contribution in [3.05, 3.63) is 35.6 Å². The van der Waals surface area contributed by atoms with E-state index in [4.69, 9.17) is 4.74 Å². The topological polar surface area (TPSA) is 21.3 Å². The minimum atomic E-state index is -0.148. The van der Waals surface area contributed by atoms with Crippen molar-refractivity contribution < 1.29 is 9.13 Å². The Kier molecular flexibility index (Phi) is 4.08. The molecule has 1 heterocycles. The molecule has 1 aromatic rings. The van der Waals surface area contributed by atoms with Crippen LogP contribution < -0.4 is 5.32 Å². The van der Waals surface area contributed by atoms with Crippen LogP contribution in [-0.2, 0) is 4.74 Å². The molecule has 1 aliphatic heterocycles. The van der Waals surface area contributed by atoms with Gasteiger partial charge in [0.2, 0.25) is 0 Å². The Morgan fingerprint density at radius 2 is 2.15 bits per heavy atom. The van der Waals surface area contributed by atoms with Gasteiger partial charge in [-0.25, -0.2) is 4.39 Å². The molecule has 1 saturated carbocycles. The molecule has 0 bridgehead atoms. The van der Waals surface area contributed by atoms with Crippen LogP contribution in [0, 0.1) is 11.7 Å². The monoisotopic (exact) mass is 277 g/mol. The summed E-state index contributed by atoms with van der Waals surface area (Å²) in [5, 5.41) is 3.40. The smallest absolute Gasteiger partial charge is 0.123 e. The maximum atomic E-state index is 13.5. The largest absolute Gasteiger partial charge is 0.375 e. The molecule has 2 fully saturated rings. The van der Waals surface area contributed by atoms with Crippen LogP contribution in [0.15, 0.2) is 24.3 Å². The molecule has 0 aromatic heterocycles. The number of ether oxygens (including phenoxy) is 1. The van der Waals surface area contributed by atoms with Crippen molar-refractivity contribution in [2.24, 2.45) is 5.92 Å². The second kappa shape index (κ2) is 5.82. The van der Waals surface area contributed by atoms with Crippen LogP contribution in [0.1, 0.15) is 50.1 Å². The molecule has 0 radical (unpaired) electrons. The second-order valence-electron chi connectivity index (χ2n) is 6.31. The highest BCUT2D eigenvalue weighted by molar-refractivity contribution is 5.21. The Labute approximate surface area is 120 Å². The molecule has 1 spiro atoms. The summed E-state index contributed by atoms with van der Waals surface area (Å²) in [6, 6.07) is 7.24. The van der Waals surface area contributed by atoms with E-state index in [0.717, 1.165) is 25.0 Å². The first-order chi connectivity index (χ1) is 9.72. The minimum absolute atomic E-state index is 0.116. The summed E-state index contributed by atoms with van der Waals surface area (Å²) in [7, 11) is 1.98. The lowest BCUT2D eigenvalue weighted by Gasteiger charge is -2.41. The van der Waals surface area contributed by atoms with E-state index in [1.54, 1.807) is 12.1 Å². The highest BCUT2D eigenvalue weighted by Gasteiger charge is 2.41. The Hall–Kier alpha value is -0.930. The maximum Gasteiger partial charge on any atom is 0.123 e. The SMILES string of the molecule is CNC(c1cccc(F)c1)C1CCOC2(CCCC2)C1. The van der Waals surface area contributed by atoms with Crippen molar-refractivity contribution in [3.8, 4) is 0 Å². The molecule has 2 atom stereocenters. The first kappa shape index (κ1) is 14.0. The number of hydrogen-bond donors (Lipinski definition) is 1. The normalized spacial score (nSPS) is 26.8. The van der Waals surface area contributed by atoms with Gasteiger partial charge in [-0.3, -0.25) is 0 Å². The number of halogens is 1. The summed E-state index contributed by atoms with van der Waals surface area (Å²) in [5.74, 6) is 0.388. The van der Waals surface area contributed by atoms with Crippen LogP contribution in [0.5, 0.6) is 0 Å². The lowest BCUT2D eigenvalue weighted by molar-refractivity contribution is -0.0979. The van der Waals surface area contributed by atoms with Gasteiger partial charge >= 0.3 is 0 Å². The van der Waals surface area contributed by atoms with Gasteiger partial charge in [0.1, 0.15) is 5.82 Å². The van der Waals surface area contributed by atoms with Crippen molar-refractivity contribution in [3.63, 3.8) is 0 Å². The molecule has 2 nitrogen and oxygen atoms in total. The molecule has 20 heavy (non-hydrogen) atoms. The number of rotatable bonds is 3. The molecule has 110 valence electrons. The molecule has 1 saturated heterocycles. The summed E-state index contributed by atoms with van der Waals surface area (Å²) < 4.78 is 19.6. The summed E-state index contributed by atoms with van der Waals surface area (Å²) in [4.78, 5) is 0. The Balaban J connectivity index is 1.78. The highest BCUT2D eigenvalue weighted by atomic mass is 19.1. The summed E-state index contributed by atoms with van der Waals surface area (Å²) >= 11 is 0. The average molecular weight is 277 g/mol. The zero-order valence-electron chi connectivity index (χ0n) is 12.2. The van der Waals surface area contributed by atoms with Crippen molar-refractivity contribution in [2.45, 2.75) is 50.2 Å². The standard InChI is InChI=1S/C17H24FNO/c1-19-16(13-5-4-6-15(18)11-13)14-7-10-20-17(12-14)8-2-3-9-17/h4-6,11,14,16,19H,2-3,7-10,12H2,1H3. The van der Waals surface area contributed by atoms with E-state index in [2.05, 4.69) is 5.32 Å². The summed E-state index contributed by atoms with van der Waals surface area (Å²) in [6.45, 7) is 0.845. The van der Waals surface area contributed by atoms with Gasteiger partial charge in [-0.05, 0) is 56.3 Å². The third-order valence-electron chi connectivity index (χ3n) is 5.04. The number of hydrogen-bond acceptors (Lipinski definition) is 2. The zero-order valence-corrected chi connectivity index (χ0v) is 12.2. The van der Waals surface area contributed by atoms with Gasteiger partial charge in [-0.2, -0.15) is 0 Å². The van der Waals surface area contributed by atoms with E-state index in [9.17, 15) is 4.39 Å². The van der Waals surface area contributed by atoms with E-state index >= 15 is 0 Å². The van der Waals surface area contributed by atoms with Gasteiger partial charge in [-0.1, -0.05) is 25.0 Å². The van der Waals surface area contributed by atoms with Gasteiger partial charge in [0.25, 0.3) is 0 Å². The minimum Gasteiger partial charge on any atom is -0.375 e. The van der Waals surface area contributed by atoms with Crippen molar-refractivity contribution in [1.29, 1.82) is 0 Å². The number of benzene rings is 1. The summed E-state index contributed by atoms with van der Waals surface area (Å²) in [6.07, 6.45) is 7.14. The van der Waals surface area contributed by atoms with Crippen molar-refractivity contribution >= 4 is 0 Å². The van der Waals surface area contributed by atoms with E-state index in [1.807, 2.05) is 13.1 Å². The summed E-state index contributed by atoms with van der Waals surface area (Å²) in [5.41, 5.74) is 1.18. The van der Waals surface area contributed by atoms with Crippen LogP contribution in [0.2, 0.25) is 0 Å². The molecule has 3 rings (SSSR count). The molecule has 1 N–H and O–H groups in total.